The lowest BCUT2D eigenvalue weighted by Gasteiger charge is -2.15. The van der Waals surface area contributed by atoms with Crippen LogP contribution in [0.4, 0.5) is 5.69 Å². The average molecular weight is 540 g/mol. The molecule has 7 heteroatoms. The molecule has 0 radical (unpaired) electrons. The molecule has 0 unspecified atom stereocenters. The van der Waals surface area contributed by atoms with Gasteiger partial charge in [-0.3, -0.25) is 4.79 Å². The Morgan fingerprint density at radius 1 is 1.12 bits per heavy atom. The van der Waals surface area contributed by atoms with Crippen LogP contribution in [0.15, 0.2) is 70.7 Å². The normalized spacial score (nSPS) is 11.0. The molecular formula is C27H24BrClN2O3. The van der Waals surface area contributed by atoms with Crippen molar-refractivity contribution in [1.82, 2.24) is 0 Å². The molecule has 3 aromatic carbocycles. The quantitative estimate of drug-likeness (QED) is 0.231. The van der Waals surface area contributed by atoms with Crippen molar-refractivity contribution in [2.45, 2.75) is 26.9 Å². The molecular weight excluding hydrogens is 516 g/mol. The van der Waals surface area contributed by atoms with Crippen molar-refractivity contribution in [3.05, 3.63) is 92.4 Å². The Hall–Kier alpha value is -3.27. The molecule has 0 aliphatic carbocycles. The second-order valence-corrected chi connectivity index (χ2v) is 8.64. The Morgan fingerprint density at radius 3 is 2.53 bits per heavy atom. The van der Waals surface area contributed by atoms with Gasteiger partial charge in [-0.15, -0.1) is 0 Å². The van der Waals surface area contributed by atoms with Crippen molar-refractivity contribution in [3.63, 3.8) is 0 Å². The third-order valence-corrected chi connectivity index (χ3v) is 5.76. The van der Waals surface area contributed by atoms with Crippen LogP contribution in [-0.4, -0.2) is 12.5 Å². The molecule has 0 aliphatic heterocycles. The van der Waals surface area contributed by atoms with E-state index in [1.165, 1.54) is 6.08 Å². The fourth-order valence-corrected chi connectivity index (χ4v) is 3.80. The standard InChI is InChI=1S/C27H24BrClN2O3/c1-3-20-7-5-6-8-24(20)31-27(32)21(16-30)13-19-14-23(29)26(25(15-19)33-4-2)34-17-18-9-11-22(28)12-10-18/h5-15H,3-4,17H2,1-2H3,(H,31,32)/b21-13+. The first-order chi connectivity index (χ1) is 16.4. The van der Waals surface area contributed by atoms with Crippen LogP contribution in [0.25, 0.3) is 6.08 Å². The van der Waals surface area contributed by atoms with E-state index in [-0.39, 0.29) is 5.57 Å². The zero-order chi connectivity index (χ0) is 24.5. The van der Waals surface area contributed by atoms with Gasteiger partial charge >= 0.3 is 0 Å². The lowest BCUT2D eigenvalue weighted by molar-refractivity contribution is -0.112. The van der Waals surface area contributed by atoms with Crippen molar-refractivity contribution in [2.24, 2.45) is 0 Å². The molecule has 1 N–H and O–H groups in total. The molecule has 34 heavy (non-hydrogen) atoms. The summed E-state index contributed by atoms with van der Waals surface area (Å²) >= 11 is 9.93. The number of benzene rings is 3. The summed E-state index contributed by atoms with van der Waals surface area (Å²) in [5, 5.41) is 12.8. The number of anilines is 1. The number of rotatable bonds is 9. The van der Waals surface area contributed by atoms with E-state index in [1.807, 2.05) is 68.4 Å². The van der Waals surface area contributed by atoms with Gasteiger partial charge < -0.3 is 14.8 Å². The monoisotopic (exact) mass is 538 g/mol. The first-order valence-corrected chi connectivity index (χ1v) is 12.0. The van der Waals surface area contributed by atoms with Gasteiger partial charge in [0.2, 0.25) is 0 Å². The maximum Gasteiger partial charge on any atom is 0.266 e. The minimum absolute atomic E-state index is 0.0482. The van der Waals surface area contributed by atoms with E-state index < -0.39 is 5.91 Å². The van der Waals surface area contributed by atoms with Crippen molar-refractivity contribution >= 4 is 45.2 Å². The lowest BCUT2D eigenvalue weighted by Crippen LogP contribution is -2.14. The third-order valence-electron chi connectivity index (χ3n) is 4.95. The number of carbonyl (C=O) groups is 1. The molecule has 0 fully saturated rings. The second-order valence-electron chi connectivity index (χ2n) is 7.31. The predicted octanol–water partition coefficient (Wildman–Crippen LogP) is 7.19. The summed E-state index contributed by atoms with van der Waals surface area (Å²) in [6.45, 7) is 4.57. The van der Waals surface area contributed by atoms with Crippen molar-refractivity contribution in [2.75, 3.05) is 11.9 Å². The molecule has 0 atom stereocenters. The first kappa shape index (κ1) is 25.4. The van der Waals surface area contributed by atoms with Gasteiger partial charge in [-0.2, -0.15) is 5.26 Å². The van der Waals surface area contributed by atoms with Crippen LogP contribution in [0, 0.1) is 11.3 Å². The molecule has 0 saturated carbocycles. The summed E-state index contributed by atoms with van der Waals surface area (Å²) in [4.78, 5) is 12.8. The van der Waals surface area contributed by atoms with Crippen LogP contribution in [0.3, 0.4) is 0 Å². The fraction of sp³-hybridized carbons (Fsp3) is 0.185. The van der Waals surface area contributed by atoms with Gasteiger partial charge in [0.05, 0.1) is 11.6 Å². The highest BCUT2D eigenvalue weighted by atomic mass is 79.9. The maximum absolute atomic E-state index is 12.8. The Kier molecular flexibility index (Phi) is 9.15. The molecule has 0 aliphatic rings. The molecule has 174 valence electrons. The number of aryl methyl sites for hydroxylation is 1. The highest BCUT2D eigenvalue weighted by Gasteiger charge is 2.15. The number of amides is 1. The Morgan fingerprint density at radius 2 is 1.85 bits per heavy atom. The van der Waals surface area contributed by atoms with E-state index in [0.717, 1.165) is 22.0 Å². The highest BCUT2D eigenvalue weighted by Crippen LogP contribution is 2.38. The fourth-order valence-electron chi connectivity index (χ4n) is 3.27. The average Bonchev–Trinajstić information content (AvgIpc) is 2.83. The number of nitrogens with one attached hydrogen (secondary N) is 1. The van der Waals surface area contributed by atoms with Gasteiger partial charge in [-0.1, -0.05) is 64.8 Å². The summed E-state index contributed by atoms with van der Waals surface area (Å²) in [7, 11) is 0. The van der Waals surface area contributed by atoms with Crippen molar-refractivity contribution in [1.29, 1.82) is 5.26 Å². The van der Waals surface area contributed by atoms with Crippen LogP contribution in [0.2, 0.25) is 5.02 Å². The van der Waals surface area contributed by atoms with Gasteiger partial charge in [-0.25, -0.2) is 0 Å². The summed E-state index contributed by atoms with van der Waals surface area (Å²) in [6, 6.07) is 20.6. The Labute approximate surface area is 213 Å². The molecule has 1 amide bonds. The van der Waals surface area contributed by atoms with E-state index >= 15 is 0 Å². The molecule has 0 aromatic heterocycles. The predicted molar refractivity (Wildman–Crippen MR) is 139 cm³/mol. The second kappa shape index (κ2) is 12.3. The number of nitrogens with zero attached hydrogens (tertiary/aromatic N) is 1. The summed E-state index contributed by atoms with van der Waals surface area (Å²) in [6.07, 6.45) is 2.24. The topological polar surface area (TPSA) is 71.3 Å². The van der Waals surface area contributed by atoms with Gasteiger partial charge in [0.15, 0.2) is 11.5 Å². The molecule has 3 aromatic rings. The number of hydrogen-bond acceptors (Lipinski definition) is 4. The molecule has 0 bridgehead atoms. The summed E-state index contributed by atoms with van der Waals surface area (Å²) in [5.74, 6) is 0.351. The molecule has 3 rings (SSSR count). The van der Waals surface area contributed by atoms with Crippen LogP contribution < -0.4 is 14.8 Å². The number of para-hydroxylation sites is 1. The van der Waals surface area contributed by atoms with E-state index in [4.69, 9.17) is 21.1 Å². The molecule has 5 nitrogen and oxygen atoms in total. The van der Waals surface area contributed by atoms with Crippen LogP contribution in [0.5, 0.6) is 11.5 Å². The Balaban J connectivity index is 1.85. The number of carbonyl (C=O) groups excluding carboxylic acids is 1. The molecule has 0 saturated heterocycles. The molecule has 0 heterocycles. The van der Waals surface area contributed by atoms with Crippen molar-refractivity contribution < 1.29 is 14.3 Å². The van der Waals surface area contributed by atoms with Gasteiger partial charge in [0.25, 0.3) is 5.91 Å². The summed E-state index contributed by atoms with van der Waals surface area (Å²) in [5.41, 5.74) is 3.15. The number of ether oxygens (including phenoxy) is 2. The number of nitriles is 1. The zero-order valence-corrected chi connectivity index (χ0v) is 21.2. The Bertz CT molecular complexity index is 1230. The number of halogens is 2. The van der Waals surface area contributed by atoms with Crippen molar-refractivity contribution in [3.8, 4) is 17.6 Å². The molecule has 0 spiro atoms. The highest BCUT2D eigenvalue weighted by molar-refractivity contribution is 9.10. The minimum atomic E-state index is -0.493. The lowest BCUT2D eigenvalue weighted by atomic mass is 10.1. The SMILES string of the molecule is CCOc1cc(/C=C(\C#N)C(=O)Nc2ccccc2CC)cc(Cl)c1OCc1ccc(Br)cc1. The summed E-state index contributed by atoms with van der Waals surface area (Å²) < 4.78 is 12.7. The van der Waals surface area contributed by atoms with E-state index in [2.05, 4.69) is 21.2 Å². The minimum Gasteiger partial charge on any atom is -0.490 e. The third kappa shape index (κ3) is 6.63. The zero-order valence-electron chi connectivity index (χ0n) is 18.9. The van der Waals surface area contributed by atoms with E-state index in [0.29, 0.717) is 41.0 Å². The largest absolute Gasteiger partial charge is 0.490 e. The van der Waals surface area contributed by atoms with Crippen LogP contribution in [-0.2, 0) is 17.8 Å². The first-order valence-electron chi connectivity index (χ1n) is 10.8. The smallest absolute Gasteiger partial charge is 0.266 e. The van der Waals surface area contributed by atoms with Gasteiger partial charge in [-0.05, 0) is 66.4 Å². The van der Waals surface area contributed by atoms with Gasteiger partial charge in [0.1, 0.15) is 18.2 Å². The van der Waals surface area contributed by atoms with E-state index in [1.54, 1.807) is 12.1 Å². The van der Waals surface area contributed by atoms with E-state index in [9.17, 15) is 10.1 Å². The van der Waals surface area contributed by atoms with Crippen LogP contribution in [0.1, 0.15) is 30.5 Å². The maximum atomic E-state index is 12.8. The van der Waals surface area contributed by atoms with Crippen LogP contribution >= 0.6 is 27.5 Å². The van der Waals surface area contributed by atoms with Gasteiger partial charge in [0, 0.05) is 10.2 Å². The number of hydrogen-bond donors (Lipinski definition) is 1.